The summed E-state index contributed by atoms with van der Waals surface area (Å²) in [5.74, 6) is 1.56. The van der Waals surface area contributed by atoms with E-state index in [0.29, 0.717) is 37.0 Å². The van der Waals surface area contributed by atoms with Gasteiger partial charge in [0.05, 0.1) is 31.3 Å². The Hall–Kier alpha value is -2.19. The van der Waals surface area contributed by atoms with Gasteiger partial charge >= 0.3 is 0 Å². The van der Waals surface area contributed by atoms with Gasteiger partial charge in [0.15, 0.2) is 16.7 Å². The number of ether oxygens (including phenoxy) is 3. The molecule has 0 saturated carbocycles. The van der Waals surface area contributed by atoms with Crippen LogP contribution in [0.5, 0.6) is 11.5 Å². The Morgan fingerprint density at radius 1 is 1.30 bits per heavy atom. The molecule has 1 N–H and O–H groups in total. The molecular weight excluding hydrogens is 366 g/mol. The second kappa shape index (κ2) is 9.14. The van der Waals surface area contributed by atoms with E-state index in [2.05, 4.69) is 14.9 Å². The van der Waals surface area contributed by atoms with Crippen LogP contribution in [0, 0.1) is 13.8 Å². The Morgan fingerprint density at radius 3 is 2.85 bits per heavy atom. The number of benzene rings is 1. The largest absolute Gasteiger partial charge is 0.490 e. The van der Waals surface area contributed by atoms with E-state index in [1.807, 2.05) is 26.0 Å². The zero-order valence-corrected chi connectivity index (χ0v) is 16.7. The fourth-order valence-corrected chi connectivity index (χ4v) is 3.67. The van der Waals surface area contributed by atoms with Crippen molar-refractivity contribution in [3.8, 4) is 11.5 Å². The third-order valence-electron chi connectivity index (χ3n) is 4.31. The number of fused-ring (bicyclic) bond motifs is 1. The Kier molecular flexibility index (Phi) is 6.63. The number of nitrogens with zero attached hydrogens (tertiary/aromatic N) is 2. The molecule has 3 rings (SSSR count). The fraction of sp³-hybridized carbons (Fsp3) is 0.474. The Morgan fingerprint density at radius 2 is 2.07 bits per heavy atom. The minimum absolute atomic E-state index is 0.0916. The molecule has 0 atom stereocenters. The molecule has 146 valence electrons. The van der Waals surface area contributed by atoms with Crippen molar-refractivity contribution in [3.05, 3.63) is 29.6 Å². The molecule has 0 fully saturated rings. The molecule has 27 heavy (non-hydrogen) atoms. The van der Waals surface area contributed by atoms with Gasteiger partial charge in [-0.2, -0.15) is 0 Å². The highest BCUT2D eigenvalue weighted by Gasteiger charge is 2.15. The lowest BCUT2D eigenvalue weighted by atomic mass is 10.2. The number of carbonyl (C=O) groups is 1. The standard InChI is InChI=1S/C19H25N3O4S/c1-13-14(2)22(7-10-24-3)19(20-13)27-12-18(23)21-15-5-6-16-17(11-15)26-9-4-8-25-16/h5-6,11H,4,7-10,12H2,1-3H3,(H,21,23). The van der Waals surface area contributed by atoms with E-state index >= 15 is 0 Å². The maximum Gasteiger partial charge on any atom is 0.234 e. The highest BCUT2D eigenvalue weighted by molar-refractivity contribution is 7.99. The van der Waals surface area contributed by atoms with Crippen molar-refractivity contribution >= 4 is 23.4 Å². The number of thioether (sulfide) groups is 1. The van der Waals surface area contributed by atoms with E-state index in [1.165, 1.54) is 11.8 Å². The van der Waals surface area contributed by atoms with E-state index in [4.69, 9.17) is 14.2 Å². The molecule has 1 aliphatic rings. The molecule has 1 aliphatic heterocycles. The van der Waals surface area contributed by atoms with Crippen LogP contribution in [-0.4, -0.2) is 48.1 Å². The average Bonchev–Trinajstić information content (AvgIpc) is 2.82. The molecule has 0 aliphatic carbocycles. The van der Waals surface area contributed by atoms with Crippen LogP contribution in [0.4, 0.5) is 5.69 Å². The van der Waals surface area contributed by atoms with Crippen LogP contribution in [0.25, 0.3) is 0 Å². The van der Waals surface area contributed by atoms with E-state index in [0.717, 1.165) is 29.5 Å². The molecule has 2 aromatic rings. The van der Waals surface area contributed by atoms with E-state index < -0.39 is 0 Å². The number of anilines is 1. The lowest BCUT2D eigenvalue weighted by Gasteiger charge is -2.11. The van der Waals surface area contributed by atoms with Gasteiger partial charge in [-0.05, 0) is 26.0 Å². The van der Waals surface area contributed by atoms with Crippen LogP contribution in [0.1, 0.15) is 17.8 Å². The predicted molar refractivity (Wildman–Crippen MR) is 105 cm³/mol. The number of hydrogen-bond acceptors (Lipinski definition) is 6. The molecule has 1 aromatic carbocycles. The molecule has 0 unspecified atom stereocenters. The zero-order valence-electron chi connectivity index (χ0n) is 15.9. The average molecular weight is 391 g/mol. The summed E-state index contributed by atoms with van der Waals surface area (Å²) >= 11 is 1.42. The van der Waals surface area contributed by atoms with Crippen molar-refractivity contribution < 1.29 is 19.0 Å². The van der Waals surface area contributed by atoms with Crippen molar-refractivity contribution in [3.63, 3.8) is 0 Å². The Bertz CT molecular complexity index is 806. The minimum Gasteiger partial charge on any atom is -0.490 e. The summed E-state index contributed by atoms with van der Waals surface area (Å²) in [5, 5.41) is 3.74. The van der Waals surface area contributed by atoms with Gasteiger partial charge in [-0.3, -0.25) is 4.79 Å². The molecule has 0 spiro atoms. The maximum absolute atomic E-state index is 12.4. The molecule has 0 bridgehead atoms. The number of nitrogens with one attached hydrogen (secondary N) is 1. The normalized spacial score (nSPS) is 13.3. The first-order valence-electron chi connectivity index (χ1n) is 8.93. The number of aryl methyl sites for hydroxylation is 1. The first-order valence-corrected chi connectivity index (χ1v) is 9.92. The second-order valence-corrected chi connectivity index (χ2v) is 7.20. The van der Waals surface area contributed by atoms with Gasteiger partial charge < -0.3 is 24.1 Å². The van der Waals surface area contributed by atoms with Gasteiger partial charge in [0, 0.05) is 37.5 Å². The summed E-state index contributed by atoms with van der Waals surface area (Å²) in [6.45, 7) is 6.58. The number of aromatic nitrogens is 2. The molecular formula is C19H25N3O4S. The topological polar surface area (TPSA) is 74.6 Å². The number of hydrogen-bond donors (Lipinski definition) is 1. The van der Waals surface area contributed by atoms with Gasteiger partial charge in [-0.15, -0.1) is 0 Å². The molecule has 8 heteroatoms. The van der Waals surface area contributed by atoms with Crippen molar-refractivity contribution in [2.75, 3.05) is 38.0 Å². The highest BCUT2D eigenvalue weighted by Crippen LogP contribution is 2.32. The summed E-state index contributed by atoms with van der Waals surface area (Å²) in [4.78, 5) is 16.9. The number of amides is 1. The zero-order chi connectivity index (χ0) is 19.2. The fourth-order valence-electron chi connectivity index (χ4n) is 2.75. The molecule has 1 aromatic heterocycles. The van der Waals surface area contributed by atoms with Crippen LogP contribution in [0.15, 0.2) is 23.4 Å². The van der Waals surface area contributed by atoms with Crippen LogP contribution in [0.3, 0.4) is 0 Å². The Labute approximate surface area is 163 Å². The minimum atomic E-state index is -0.0916. The summed E-state index contributed by atoms with van der Waals surface area (Å²) in [6, 6.07) is 5.45. The van der Waals surface area contributed by atoms with Gasteiger partial charge in [0.2, 0.25) is 5.91 Å². The molecule has 1 amide bonds. The molecule has 0 radical (unpaired) electrons. The lowest BCUT2D eigenvalue weighted by molar-refractivity contribution is -0.113. The first kappa shape index (κ1) is 19.6. The van der Waals surface area contributed by atoms with Crippen LogP contribution in [0.2, 0.25) is 0 Å². The van der Waals surface area contributed by atoms with Gasteiger partial charge in [0.25, 0.3) is 0 Å². The second-order valence-electron chi connectivity index (χ2n) is 6.26. The van der Waals surface area contributed by atoms with Gasteiger partial charge in [0.1, 0.15) is 0 Å². The lowest BCUT2D eigenvalue weighted by Crippen LogP contribution is -2.15. The quantitative estimate of drug-likeness (QED) is 0.732. The summed E-state index contributed by atoms with van der Waals surface area (Å²) in [6.07, 6.45) is 0.849. The van der Waals surface area contributed by atoms with E-state index in [-0.39, 0.29) is 11.7 Å². The molecule has 7 nitrogen and oxygen atoms in total. The smallest absolute Gasteiger partial charge is 0.234 e. The molecule has 0 saturated heterocycles. The van der Waals surface area contributed by atoms with Crippen molar-refractivity contribution in [2.24, 2.45) is 0 Å². The van der Waals surface area contributed by atoms with Crippen molar-refractivity contribution in [1.82, 2.24) is 9.55 Å². The first-order chi connectivity index (χ1) is 13.1. The van der Waals surface area contributed by atoms with Crippen LogP contribution in [-0.2, 0) is 16.1 Å². The van der Waals surface area contributed by atoms with Crippen LogP contribution >= 0.6 is 11.8 Å². The third-order valence-corrected chi connectivity index (χ3v) is 5.28. The summed E-state index contributed by atoms with van der Waals surface area (Å²) in [7, 11) is 1.68. The number of rotatable bonds is 7. The maximum atomic E-state index is 12.4. The summed E-state index contributed by atoms with van der Waals surface area (Å²) < 4.78 is 18.5. The summed E-state index contributed by atoms with van der Waals surface area (Å²) in [5.41, 5.74) is 2.76. The van der Waals surface area contributed by atoms with Crippen molar-refractivity contribution in [2.45, 2.75) is 32.0 Å². The third kappa shape index (κ3) is 4.95. The molecule has 2 heterocycles. The number of carbonyl (C=O) groups excluding carboxylic acids is 1. The van der Waals surface area contributed by atoms with E-state index in [9.17, 15) is 4.79 Å². The van der Waals surface area contributed by atoms with E-state index in [1.54, 1.807) is 13.2 Å². The van der Waals surface area contributed by atoms with Gasteiger partial charge in [-0.25, -0.2) is 4.98 Å². The Balaban J connectivity index is 1.60. The monoisotopic (exact) mass is 391 g/mol. The van der Waals surface area contributed by atoms with Crippen LogP contribution < -0.4 is 14.8 Å². The number of imidazole rings is 1. The van der Waals surface area contributed by atoms with Gasteiger partial charge in [-0.1, -0.05) is 11.8 Å². The SMILES string of the molecule is COCCn1c(SCC(=O)Nc2ccc3c(c2)OCCCO3)nc(C)c1C. The predicted octanol–water partition coefficient (Wildman–Crippen LogP) is 3.04. The highest BCUT2D eigenvalue weighted by atomic mass is 32.2. The van der Waals surface area contributed by atoms with Crippen molar-refractivity contribution in [1.29, 1.82) is 0 Å². The number of methoxy groups -OCH3 is 1.